The van der Waals surface area contributed by atoms with Gasteiger partial charge in [0.15, 0.2) is 0 Å². The Kier molecular flexibility index (Phi) is 3.29. The van der Waals surface area contributed by atoms with Crippen molar-refractivity contribution in [2.24, 2.45) is 0 Å². The van der Waals surface area contributed by atoms with Gasteiger partial charge < -0.3 is 4.74 Å². The van der Waals surface area contributed by atoms with Crippen LogP contribution in [-0.4, -0.2) is 21.8 Å². The molecule has 0 saturated heterocycles. The monoisotopic (exact) mass is 208 g/mol. The van der Waals surface area contributed by atoms with Gasteiger partial charge in [-0.3, -0.25) is 5.10 Å². The molecule has 4 nitrogen and oxygen atoms in total. The number of carbonyl (C=O) groups excluding carboxylic acids is 1. The molecule has 1 heterocycles. The summed E-state index contributed by atoms with van der Waals surface area (Å²) in [6.07, 6.45) is 3.80. The lowest BCUT2D eigenvalue weighted by molar-refractivity contribution is 0.00686. The van der Waals surface area contributed by atoms with E-state index < -0.39 is 5.60 Å². The van der Waals surface area contributed by atoms with Gasteiger partial charge in [0.05, 0.1) is 5.69 Å². The van der Waals surface area contributed by atoms with Gasteiger partial charge in [-0.1, -0.05) is 6.08 Å². The van der Waals surface area contributed by atoms with Crippen LogP contribution in [0, 0.1) is 0 Å². The number of ether oxygens (including phenoxy) is 1. The maximum absolute atomic E-state index is 11.7. The molecule has 0 unspecified atom stereocenters. The van der Waals surface area contributed by atoms with Crippen LogP contribution in [0.5, 0.6) is 0 Å². The molecule has 4 heteroatoms. The molecule has 0 aliphatic rings. The van der Waals surface area contributed by atoms with E-state index in [1.807, 2.05) is 20.8 Å². The lowest BCUT2D eigenvalue weighted by Crippen LogP contribution is -2.24. The van der Waals surface area contributed by atoms with Gasteiger partial charge >= 0.3 is 5.97 Å². The third kappa shape index (κ3) is 3.23. The number of esters is 1. The Labute approximate surface area is 89.3 Å². The van der Waals surface area contributed by atoms with Crippen LogP contribution in [-0.2, 0) is 11.2 Å². The molecule has 0 aliphatic heterocycles. The highest BCUT2D eigenvalue weighted by atomic mass is 16.6. The Morgan fingerprint density at radius 2 is 2.33 bits per heavy atom. The quantitative estimate of drug-likeness (QED) is 0.611. The molecule has 15 heavy (non-hydrogen) atoms. The molecule has 0 amide bonds. The van der Waals surface area contributed by atoms with Crippen molar-refractivity contribution < 1.29 is 9.53 Å². The predicted molar refractivity (Wildman–Crippen MR) is 57.7 cm³/mol. The number of nitrogens with zero attached hydrogens (tertiary/aromatic N) is 1. The Bertz CT molecular complexity index is 361. The van der Waals surface area contributed by atoms with E-state index in [1.54, 1.807) is 12.3 Å². The lowest BCUT2D eigenvalue weighted by Gasteiger charge is -2.19. The number of hydrogen-bond donors (Lipinski definition) is 1. The van der Waals surface area contributed by atoms with Crippen molar-refractivity contribution in [3.05, 3.63) is 30.1 Å². The van der Waals surface area contributed by atoms with Crippen LogP contribution in [0.25, 0.3) is 0 Å². The molecular weight excluding hydrogens is 192 g/mol. The highest BCUT2D eigenvalue weighted by molar-refractivity contribution is 5.90. The lowest BCUT2D eigenvalue weighted by atomic mass is 10.1. The summed E-state index contributed by atoms with van der Waals surface area (Å²) in [5, 5.41) is 6.61. The van der Waals surface area contributed by atoms with E-state index >= 15 is 0 Å². The Hall–Kier alpha value is -1.58. The summed E-state index contributed by atoms with van der Waals surface area (Å²) < 4.78 is 5.24. The molecule has 0 fully saturated rings. The van der Waals surface area contributed by atoms with E-state index in [-0.39, 0.29) is 5.97 Å². The van der Waals surface area contributed by atoms with E-state index in [9.17, 15) is 4.79 Å². The molecule has 1 aromatic rings. The number of hydrogen-bond acceptors (Lipinski definition) is 3. The van der Waals surface area contributed by atoms with Crippen molar-refractivity contribution >= 4 is 5.97 Å². The minimum absolute atomic E-state index is 0.354. The van der Waals surface area contributed by atoms with Gasteiger partial charge in [-0.2, -0.15) is 5.10 Å². The second-order valence-corrected chi connectivity index (χ2v) is 4.24. The first-order valence-electron chi connectivity index (χ1n) is 4.81. The number of aromatic amines is 1. The second-order valence-electron chi connectivity index (χ2n) is 4.24. The summed E-state index contributed by atoms with van der Waals surface area (Å²) in [4.78, 5) is 11.7. The molecule has 0 atom stereocenters. The van der Waals surface area contributed by atoms with Crippen molar-refractivity contribution in [2.75, 3.05) is 0 Å². The number of H-pyrrole nitrogens is 1. The largest absolute Gasteiger partial charge is 0.456 e. The average Bonchev–Trinajstić information content (AvgIpc) is 2.49. The van der Waals surface area contributed by atoms with Crippen LogP contribution in [0.3, 0.4) is 0 Å². The predicted octanol–water partition coefficient (Wildman–Crippen LogP) is 2.09. The van der Waals surface area contributed by atoms with Crippen LogP contribution in [0.15, 0.2) is 18.9 Å². The molecule has 0 saturated carbocycles. The first-order chi connectivity index (χ1) is 6.94. The third-order valence-electron chi connectivity index (χ3n) is 1.68. The molecule has 82 valence electrons. The molecule has 1 aromatic heterocycles. The van der Waals surface area contributed by atoms with Crippen LogP contribution in [0.4, 0.5) is 0 Å². The topological polar surface area (TPSA) is 55.0 Å². The molecule has 1 N–H and O–H groups in total. The smallest absolute Gasteiger partial charge is 0.342 e. The molecule has 0 radical (unpaired) electrons. The van der Waals surface area contributed by atoms with Gasteiger partial charge in [0.2, 0.25) is 0 Å². The fourth-order valence-electron chi connectivity index (χ4n) is 1.12. The Morgan fingerprint density at radius 3 is 2.87 bits per heavy atom. The van der Waals surface area contributed by atoms with Crippen LogP contribution in [0.1, 0.15) is 36.8 Å². The zero-order valence-electron chi connectivity index (χ0n) is 9.33. The summed E-state index contributed by atoms with van der Waals surface area (Å²) >= 11 is 0. The summed E-state index contributed by atoms with van der Waals surface area (Å²) in [5.41, 5.74) is 0.656. The fourth-order valence-corrected chi connectivity index (χ4v) is 1.12. The fraction of sp³-hybridized carbons (Fsp3) is 0.455. The zero-order valence-corrected chi connectivity index (χ0v) is 9.33. The van der Waals surface area contributed by atoms with Crippen LogP contribution in [0.2, 0.25) is 0 Å². The summed E-state index contributed by atoms with van der Waals surface area (Å²) in [7, 11) is 0. The number of carbonyl (C=O) groups is 1. The maximum atomic E-state index is 11.7. The normalized spacial score (nSPS) is 11.1. The Morgan fingerprint density at radius 1 is 1.67 bits per heavy atom. The number of allylic oxidation sites excluding steroid dienone is 1. The number of aromatic nitrogens is 2. The van der Waals surface area contributed by atoms with Gasteiger partial charge in [0, 0.05) is 12.6 Å². The van der Waals surface area contributed by atoms with E-state index in [4.69, 9.17) is 4.74 Å². The molecule has 0 aromatic carbocycles. The summed E-state index contributed by atoms with van der Waals surface area (Å²) in [5.74, 6) is -0.354. The number of nitrogens with one attached hydrogen (secondary N) is 1. The van der Waals surface area contributed by atoms with E-state index in [0.717, 1.165) is 0 Å². The third-order valence-corrected chi connectivity index (χ3v) is 1.68. The highest BCUT2D eigenvalue weighted by Gasteiger charge is 2.21. The minimum atomic E-state index is -0.486. The highest BCUT2D eigenvalue weighted by Crippen LogP contribution is 2.14. The molecule has 0 bridgehead atoms. The molecule has 0 spiro atoms. The zero-order chi connectivity index (χ0) is 11.5. The minimum Gasteiger partial charge on any atom is -0.456 e. The molecule has 1 rings (SSSR count). The standard InChI is InChI=1S/C11H16N2O2/c1-5-6-9-8(7-12-13-9)10(14)15-11(2,3)4/h5,7H,1,6H2,2-4H3,(H,12,13). The van der Waals surface area contributed by atoms with Gasteiger partial charge in [0.25, 0.3) is 0 Å². The van der Waals surface area contributed by atoms with Gasteiger partial charge in [-0.25, -0.2) is 4.79 Å². The van der Waals surface area contributed by atoms with Gasteiger partial charge in [0.1, 0.15) is 11.2 Å². The summed E-state index contributed by atoms with van der Waals surface area (Å²) in [6, 6.07) is 0. The SMILES string of the molecule is C=CCc1n[nH]cc1C(=O)OC(C)(C)C. The average molecular weight is 208 g/mol. The molecule has 0 aliphatic carbocycles. The second kappa shape index (κ2) is 4.29. The van der Waals surface area contributed by atoms with Gasteiger partial charge in [-0.15, -0.1) is 6.58 Å². The van der Waals surface area contributed by atoms with Crippen LogP contribution < -0.4 is 0 Å². The van der Waals surface area contributed by atoms with Gasteiger partial charge in [-0.05, 0) is 20.8 Å². The van der Waals surface area contributed by atoms with Crippen molar-refractivity contribution in [2.45, 2.75) is 32.8 Å². The van der Waals surface area contributed by atoms with E-state index in [1.165, 1.54) is 0 Å². The van der Waals surface area contributed by atoms with E-state index in [2.05, 4.69) is 16.8 Å². The van der Waals surface area contributed by atoms with Crippen molar-refractivity contribution in [1.29, 1.82) is 0 Å². The van der Waals surface area contributed by atoms with E-state index in [0.29, 0.717) is 17.7 Å². The first-order valence-corrected chi connectivity index (χ1v) is 4.81. The van der Waals surface area contributed by atoms with Crippen molar-refractivity contribution in [3.63, 3.8) is 0 Å². The maximum Gasteiger partial charge on any atom is 0.342 e. The van der Waals surface area contributed by atoms with Crippen LogP contribution >= 0.6 is 0 Å². The summed E-state index contributed by atoms with van der Waals surface area (Å²) in [6.45, 7) is 9.10. The Balaban J connectivity index is 2.82. The first kappa shape index (κ1) is 11.5. The van der Waals surface area contributed by atoms with Crippen molar-refractivity contribution in [3.8, 4) is 0 Å². The number of rotatable bonds is 3. The van der Waals surface area contributed by atoms with Crippen molar-refractivity contribution in [1.82, 2.24) is 10.2 Å². The molecular formula is C11H16N2O2.